The van der Waals surface area contributed by atoms with Crippen molar-refractivity contribution in [1.82, 2.24) is 9.97 Å². The van der Waals surface area contributed by atoms with Gasteiger partial charge in [-0.15, -0.1) is 12.8 Å². The maximum atomic E-state index is 11.8. The topological polar surface area (TPSA) is 51.8 Å². The number of anilines is 1. The lowest BCUT2D eigenvalue weighted by molar-refractivity contribution is -0.141. The number of halogens is 3. The van der Waals surface area contributed by atoms with Gasteiger partial charge in [0.2, 0.25) is 5.95 Å². The van der Waals surface area contributed by atoms with Crippen LogP contribution in [-0.2, 0) is 6.18 Å². The minimum Gasteiger partial charge on any atom is -0.368 e. The first-order valence-electron chi connectivity index (χ1n) is 2.99. The highest BCUT2D eigenvalue weighted by Gasteiger charge is 2.32. The van der Waals surface area contributed by atoms with Gasteiger partial charge in [0.25, 0.3) is 0 Å². The molecule has 1 aromatic rings. The van der Waals surface area contributed by atoms with Crippen molar-refractivity contribution in [2.45, 2.75) is 6.18 Å². The van der Waals surface area contributed by atoms with E-state index in [1.807, 2.05) is 0 Å². The van der Waals surface area contributed by atoms with Crippen LogP contribution in [0.1, 0.15) is 5.69 Å². The zero-order valence-corrected chi connectivity index (χ0v) is 6.42. The quantitative estimate of drug-likeness (QED) is 0.626. The van der Waals surface area contributed by atoms with Crippen LogP contribution in [0.5, 0.6) is 0 Å². The van der Waals surface area contributed by atoms with Crippen LogP contribution in [0.3, 0.4) is 0 Å². The predicted molar refractivity (Wildman–Crippen MR) is 41.3 cm³/mol. The molecule has 0 spiro atoms. The van der Waals surface area contributed by atoms with Crippen molar-refractivity contribution < 1.29 is 13.2 Å². The molecule has 3 nitrogen and oxygen atoms in total. The van der Waals surface area contributed by atoms with Crippen LogP contribution >= 0.6 is 0 Å². The fourth-order valence-electron chi connectivity index (χ4n) is 0.532. The van der Waals surface area contributed by atoms with Crippen molar-refractivity contribution in [1.29, 1.82) is 0 Å². The van der Waals surface area contributed by atoms with E-state index < -0.39 is 11.9 Å². The van der Waals surface area contributed by atoms with E-state index >= 15 is 0 Å². The molecule has 0 atom stereocenters. The normalized spacial score (nSPS) is 9.92. The molecule has 0 amide bonds. The second-order valence-electron chi connectivity index (χ2n) is 1.80. The highest BCUT2D eigenvalue weighted by molar-refractivity contribution is 5.18. The molecule has 1 heterocycles. The summed E-state index contributed by atoms with van der Waals surface area (Å²) in [6.45, 7) is 0. The Morgan fingerprint density at radius 2 is 1.85 bits per heavy atom. The summed E-state index contributed by atoms with van der Waals surface area (Å²) in [5.74, 6) is -0.375. The van der Waals surface area contributed by atoms with E-state index in [9.17, 15) is 13.2 Å². The van der Waals surface area contributed by atoms with Crippen molar-refractivity contribution in [2.75, 3.05) is 5.73 Å². The Morgan fingerprint density at radius 1 is 1.31 bits per heavy atom. The first kappa shape index (κ1) is 11.2. The Bertz CT molecular complexity index is 293. The van der Waals surface area contributed by atoms with Crippen molar-refractivity contribution >= 4 is 5.95 Å². The third-order valence-electron chi connectivity index (χ3n) is 0.965. The highest BCUT2D eigenvalue weighted by Crippen LogP contribution is 2.26. The van der Waals surface area contributed by atoms with Crippen LogP contribution in [0.15, 0.2) is 12.3 Å². The number of nitrogen functional groups attached to an aromatic ring is 1. The van der Waals surface area contributed by atoms with Gasteiger partial charge in [-0.25, -0.2) is 9.97 Å². The number of hydrogen-bond acceptors (Lipinski definition) is 3. The number of aromatic nitrogens is 2. The molecule has 0 saturated carbocycles. The first-order valence-corrected chi connectivity index (χ1v) is 2.99. The van der Waals surface area contributed by atoms with Gasteiger partial charge in [0.1, 0.15) is 5.69 Å². The van der Waals surface area contributed by atoms with Crippen LogP contribution in [-0.4, -0.2) is 9.97 Å². The van der Waals surface area contributed by atoms with Gasteiger partial charge in [0.05, 0.1) is 0 Å². The molecule has 0 fully saturated rings. The molecule has 1 aromatic heterocycles. The van der Waals surface area contributed by atoms with Gasteiger partial charge in [-0.05, 0) is 6.07 Å². The number of alkyl halides is 3. The fourth-order valence-corrected chi connectivity index (χ4v) is 0.532. The Labute approximate surface area is 72.8 Å². The average molecular weight is 189 g/mol. The maximum absolute atomic E-state index is 11.8. The molecule has 70 valence electrons. The molecule has 0 aliphatic carbocycles. The lowest BCUT2D eigenvalue weighted by Crippen LogP contribution is -2.09. The van der Waals surface area contributed by atoms with Crippen LogP contribution in [0.25, 0.3) is 0 Å². The van der Waals surface area contributed by atoms with Crippen LogP contribution in [0.2, 0.25) is 0 Å². The zero-order chi connectivity index (χ0) is 10.5. The number of hydrogen-bond donors (Lipinski definition) is 1. The molecule has 0 saturated heterocycles. The SMILES string of the molecule is C#C.Nc1nccc(C(F)(F)F)n1. The molecule has 13 heavy (non-hydrogen) atoms. The monoisotopic (exact) mass is 189 g/mol. The minimum absolute atomic E-state index is 0.375. The van der Waals surface area contributed by atoms with E-state index in [-0.39, 0.29) is 5.95 Å². The molecule has 0 bridgehead atoms. The summed E-state index contributed by atoms with van der Waals surface area (Å²) in [5, 5.41) is 0. The van der Waals surface area contributed by atoms with Gasteiger partial charge >= 0.3 is 6.18 Å². The fraction of sp³-hybridized carbons (Fsp3) is 0.143. The van der Waals surface area contributed by atoms with Crippen molar-refractivity contribution in [3.8, 4) is 12.8 Å². The van der Waals surface area contributed by atoms with Crippen molar-refractivity contribution in [3.63, 3.8) is 0 Å². The van der Waals surface area contributed by atoms with E-state index in [1.54, 1.807) is 0 Å². The third-order valence-corrected chi connectivity index (χ3v) is 0.965. The Balaban J connectivity index is 0.000000671. The lowest BCUT2D eigenvalue weighted by atomic mass is 10.4. The van der Waals surface area contributed by atoms with Crippen LogP contribution < -0.4 is 5.73 Å². The molecule has 0 aliphatic heterocycles. The average Bonchev–Trinajstić information content (AvgIpc) is 2.06. The molecule has 0 radical (unpaired) electrons. The number of nitrogens with two attached hydrogens (primary N) is 1. The summed E-state index contributed by atoms with van der Waals surface area (Å²) in [4.78, 5) is 6.31. The Morgan fingerprint density at radius 3 is 2.15 bits per heavy atom. The molecule has 0 unspecified atom stereocenters. The summed E-state index contributed by atoms with van der Waals surface area (Å²) in [5.41, 5.74) is 3.91. The first-order chi connectivity index (χ1) is 6.00. The molecule has 0 aliphatic rings. The maximum Gasteiger partial charge on any atom is 0.433 e. The standard InChI is InChI=1S/C5H4F3N3.C2H2/c6-5(7,8)3-1-2-10-4(9)11-3;1-2/h1-2H,(H2,9,10,11);1-2H. The van der Waals surface area contributed by atoms with Crippen LogP contribution in [0.4, 0.5) is 19.1 Å². The van der Waals surface area contributed by atoms with E-state index in [4.69, 9.17) is 5.73 Å². The summed E-state index contributed by atoms with van der Waals surface area (Å²) < 4.78 is 35.5. The molecule has 0 aromatic carbocycles. The third kappa shape index (κ3) is 3.42. The van der Waals surface area contributed by atoms with E-state index in [0.29, 0.717) is 0 Å². The summed E-state index contributed by atoms with van der Waals surface area (Å²) in [7, 11) is 0. The van der Waals surface area contributed by atoms with E-state index in [1.165, 1.54) is 0 Å². The van der Waals surface area contributed by atoms with Gasteiger partial charge in [0.15, 0.2) is 0 Å². The highest BCUT2D eigenvalue weighted by atomic mass is 19.4. The largest absolute Gasteiger partial charge is 0.433 e. The predicted octanol–water partition coefficient (Wildman–Crippen LogP) is 1.33. The van der Waals surface area contributed by atoms with Crippen LogP contribution in [0, 0.1) is 12.8 Å². The number of terminal acetylenes is 1. The van der Waals surface area contributed by atoms with Gasteiger partial charge in [-0.2, -0.15) is 13.2 Å². The van der Waals surface area contributed by atoms with Crippen molar-refractivity contribution in [2.24, 2.45) is 0 Å². The summed E-state index contributed by atoms with van der Waals surface area (Å²) in [6.07, 6.45) is 4.52. The van der Waals surface area contributed by atoms with Gasteiger partial charge < -0.3 is 5.73 Å². The molecule has 1 rings (SSSR count). The Kier molecular flexibility index (Phi) is 3.72. The van der Waals surface area contributed by atoms with Gasteiger partial charge in [-0.1, -0.05) is 0 Å². The summed E-state index contributed by atoms with van der Waals surface area (Å²) >= 11 is 0. The lowest BCUT2D eigenvalue weighted by Gasteiger charge is -2.03. The number of nitrogens with zero attached hydrogens (tertiary/aromatic N) is 2. The molecular weight excluding hydrogens is 183 g/mol. The molecule has 2 N–H and O–H groups in total. The summed E-state index contributed by atoms with van der Waals surface area (Å²) in [6, 6.07) is 0.760. The molecular formula is C7H6F3N3. The van der Waals surface area contributed by atoms with E-state index in [0.717, 1.165) is 12.3 Å². The smallest absolute Gasteiger partial charge is 0.368 e. The van der Waals surface area contributed by atoms with Gasteiger partial charge in [-0.3, -0.25) is 0 Å². The number of rotatable bonds is 0. The molecule has 6 heteroatoms. The second-order valence-corrected chi connectivity index (χ2v) is 1.80. The Hall–Kier alpha value is -1.77. The van der Waals surface area contributed by atoms with Gasteiger partial charge in [0, 0.05) is 6.20 Å². The minimum atomic E-state index is -4.45. The zero-order valence-electron chi connectivity index (χ0n) is 6.42. The van der Waals surface area contributed by atoms with E-state index in [2.05, 4.69) is 22.8 Å². The second kappa shape index (κ2) is 4.30. The van der Waals surface area contributed by atoms with Crippen molar-refractivity contribution in [3.05, 3.63) is 18.0 Å².